The standard InChI is InChI=1S/C6H5BBrNO2/c7-4-1-2-5(8)6(3-4)9(10)11/h1-3H,7H2. The lowest BCUT2D eigenvalue weighted by Gasteiger charge is -1.95. The molecule has 0 N–H and O–H groups in total. The molecule has 11 heavy (non-hydrogen) atoms. The van der Waals surface area contributed by atoms with Crippen molar-refractivity contribution in [2.45, 2.75) is 0 Å². The molecule has 0 saturated carbocycles. The smallest absolute Gasteiger partial charge is 0.258 e. The molecule has 0 unspecified atom stereocenters. The van der Waals surface area contributed by atoms with E-state index >= 15 is 0 Å². The first-order valence-corrected chi connectivity index (χ1v) is 3.81. The highest BCUT2D eigenvalue weighted by Gasteiger charge is 2.09. The molecule has 56 valence electrons. The van der Waals surface area contributed by atoms with Gasteiger partial charge in [-0.15, -0.1) is 0 Å². The maximum atomic E-state index is 10.3. The first-order chi connectivity index (χ1) is 5.11. The molecule has 0 atom stereocenters. The first-order valence-electron chi connectivity index (χ1n) is 3.02. The van der Waals surface area contributed by atoms with Crippen molar-refractivity contribution in [3.8, 4) is 0 Å². The summed E-state index contributed by atoms with van der Waals surface area (Å²) in [6.07, 6.45) is 0. The number of hydrogen-bond acceptors (Lipinski definition) is 2. The lowest BCUT2D eigenvalue weighted by Crippen LogP contribution is -2.02. The van der Waals surface area contributed by atoms with Crippen molar-refractivity contribution in [3.63, 3.8) is 0 Å². The van der Waals surface area contributed by atoms with E-state index in [-0.39, 0.29) is 5.69 Å². The van der Waals surface area contributed by atoms with Crippen LogP contribution in [0, 0.1) is 10.1 Å². The number of halogens is 1. The highest BCUT2D eigenvalue weighted by molar-refractivity contribution is 9.10. The van der Waals surface area contributed by atoms with Gasteiger partial charge in [-0.1, -0.05) is 11.5 Å². The molecule has 0 bridgehead atoms. The zero-order chi connectivity index (χ0) is 8.43. The molecule has 0 heterocycles. The van der Waals surface area contributed by atoms with Gasteiger partial charge in [-0.05, 0) is 22.0 Å². The Labute approximate surface area is 73.1 Å². The summed E-state index contributed by atoms with van der Waals surface area (Å²) >= 11 is 3.09. The third-order valence-corrected chi connectivity index (χ3v) is 1.97. The monoisotopic (exact) mass is 213 g/mol. The SMILES string of the molecule is Bc1ccc(Br)c([N+](=O)[O-])c1. The van der Waals surface area contributed by atoms with Crippen LogP contribution in [-0.2, 0) is 0 Å². The van der Waals surface area contributed by atoms with E-state index in [0.717, 1.165) is 5.46 Å². The summed E-state index contributed by atoms with van der Waals surface area (Å²) in [7, 11) is 1.82. The van der Waals surface area contributed by atoms with Gasteiger partial charge in [0.25, 0.3) is 5.69 Å². The van der Waals surface area contributed by atoms with Crippen LogP contribution in [0.5, 0.6) is 0 Å². The maximum absolute atomic E-state index is 10.3. The predicted molar refractivity (Wildman–Crippen MR) is 49.0 cm³/mol. The normalized spacial score (nSPS) is 9.55. The lowest BCUT2D eigenvalue weighted by molar-refractivity contribution is -0.385. The van der Waals surface area contributed by atoms with Gasteiger partial charge in [0.05, 0.1) is 9.40 Å². The third-order valence-electron chi connectivity index (χ3n) is 1.30. The fraction of sp³-hybridized carbons (Fsp3) is 0. The van der Waals surface area contributed by atoms with Gasteiger partial charge in [0.1, 0.15) is 7.85 Å². The van der Waals surface area contributed by atoms with Crippen LogP contribution in [0.2, 0.25) is 0 Å². The van der Waals surface area contributed by atoms with E-state index in [1.807, 2.05) is 13.9 Å². The van der Waals surface area contributed by atoms with Crippen molar-refractivity contribution in [2.24, 2.45) is 0 Å². The molecular formula is C6H5BBrNO2. The van der Waals surface area contributed by atoms with E-state index in [1.54, 1.807) is 6.07 Å². The van der Waals surface area contributed by atoms with Crippen LogP contribution in [-0.4, -0.2) is 12.8 Å². The van der Waals surface area contributed by atoms with Crippen molar-refractivity contribution >= 4 is 34.9 Å². The molecule has 0 spiro atoms. The Bertz CT molecular complexity index is 303. The Morgan fingerprint density at radius 3 is 2.64 bits per heavy atom. The Balaban J connectivity index is 3.23. The van der Waals surface area contributed by atoms with Crippen molar-refractivity contribution in [3.05, 3.63) is 32.8 Å². The van der Waals surface area contributed by atoms with Crippen molar-refractivity contribution < 1.29 is 4.92 Å². The molecule has 5 heteroatoms. The largest absolute Gasteiger partial charge is 0.282 e. The van der Waals surface area contributed by atoms with Crippen LogP contribution >= 0.6 is 15.9 Å². The van der Waals surface area contributed by atoms with E-state index in [9.17, 15) is 10.1 Å². The molecule has 1 rings (SSSR count). The Kier molecular flexibility index (Phi) is 2.29. The van der Waals surface area contributed by atoms with E-state index in [2.05, 4.69) is 15.9 Å². The summed E-state index contributed by atoms with van der Waals surface area (Å²) in [4.78, 5) is 9.94. The van der Waals surface area contributed by atoms with Gasteiger partial charge in [-0.2, -0.15) is 0 Å². The van der Waals surface area contributed by atoms with Crippen molar-refractivity contribution in [1.82, 2.24) is 0 Å². The summed E-state index contributed by atoms with van der Waals surface area (Å²) in [6, 6.07) is 5.02. The van der Waals surface area contributed by atoms with Crippen LogP contribution in [0.4, 0.5) is 5.69 Å². The second-order valence-corrected chi connectivity index (χ2v) is 3.07. The molecule has 1 aromatic rings. The predicted octanol–water partition coefficient (Wildman–Crippen LogP) is 0.616. The summed E-state index contributed by atoms with van der Waals surface area (Å²) in [5.41, 5.74) is 1.00. The van der Waals surface area contributed by atoms with Gasteiger partial charge >= 0.3 is 0 Å². The molecule has 0 radical (unpaired) electrons. The average molecular weight is 214 g/mol. The number of nitrogens with zero attached hydrogens (tertiary/aromatic N) is 1. The third kappa shape index (κ3) is 1.80. The summed E-state index contributed by atoms with van der Waals surface area (Å²) in [5.74, 6) is 0. The van der Waals surface area contributed by atoms with E-state index < -0.39 is 4.92 Å². The molecule has 0 fully saturated rings. The number of nitro groups is 1. The van der Waals surface area contributed by atoms with Gasteiger partial charge in [0.2, 0.25) is 0 Å². The van der Waals surface area contributed by atoms with Gasteiger partial charge < -0.3 is 0 Å². The van der Waals surface area contributed by atoms with E-state index in [1.165, 1.54) is 6.07 Å². The van der Waals surface area contributed by atoms with Crippen molar-refractivity contribution in [2.75, 3.05) is 0 Å². The molecule has 0 aliphatic rings. The Morgan fingerprint density at radius 1 is 1.55 bits per heavy atom. The molecular weight excluding hydrogens is 209 g/mol. The van der Waals surface area contributed by atoms with Gasteiger partial charge in [0.15, 0.2) is 0 Å². The number of benzene rings is 1. The Morgan fingerprint density at radius 2 is 2.18 bits per heavy atom. The lowest BCUT2D eigenvalue weighted by atomic mass is 9.96. The molecule has 0 aromatic heterocycles. The van der Waals surface area contributed by atoms with Crippen molar-refractivity contribution in [1.29, 1.82) is 0 Å². The minimum atomic E-state index is -0.406. The minimum Gasteiger partial charge on any atom is -0.258 e. The van der Waals surface area contributed by atoms with Gasteiger partial charge in [0, 0.05) is 6.07 Å². The summed E-state index contributed by atoms with van der Waals surface area (Å²) in [6.45, 7) is 0. The van der Waals surface area contributed by atoms with Crippen LogP contribution < -0.4 is 5.46 Å². The first kappa shape index (κ1) is 8.26. The van der Waals surface area contributed by atoms with Crippen LogP contribution in [0.25, 0.3) is 0 Å². The maximum Gasteiger partial charge on any atom is 0.282 e. The van der Waals surface area contributed by atoms with Gasteiger partial charge in [-0.3, -0.25) is 10.1 Å². The number of rotatable bonds is 1. The molecule has 0 amide bonds. The minimum absolute atomic E-state index is 0.116. The van der Waals surface area contributed by atoms with Gasteiger partial charge in [-0.25, -0.2) is 0 Å². The fourth-order valence-corrected chi connectivity index (χ4v) is 1.15. The average Bonchev–Trinajstić information content (AvgIpc) is 1.94. The van der Waals surface area contributed by atoms with Crippen LogP contribution in [0.15, 0.2) is 22.7 Å². The molecule has 0 aliphatic heterocycles. The highest BCUT2D eigenvalue weighted by Crippen LogP contribution is 2.21. The highest BCUT2D eigenvalue weighted by atomic mass is 79.9. The van der Waals surface area contributed by atoms with Crippen LogP contribution in [0.1, 0.15) is 0 Å². The fourth-order valence-electron chi connectivity index (χ4n) is 0.763. The zero-order valence-corrected chi connectivity index (χ0v) is 7.46. The Hall–Kier alpha value is -0.835. The second kappa shape index (κ2) is 3.05. The number of hydrogen-bond donors (Lipinski definition) is 0. The number of nitro benzene ring substituents is 1. The van der Waals surface area contributed by atoms with E-state index in [4.69, 9.17) is 0 Å². The summed E-state index contributed by atoms with van der Waals surface area (Å²) < 4.78 is 0.521. The summed E-state index contributed by atoms with van der Waals surface area (Å²) in [5, 5.41) is 10.3. The molecule has 3 nitrogen and oxygen atoms in total. The van der Waals surface area contributed by atoms with Crippen LogP contribution in [0.3, 0.4) is 0 Å². The molecule has 0 saturated heterocycles. The zero-order valence-electron chi connectivity index (χ0n) is 5.87. The quantitative estimate of drug-likeness (QED) is 0.390. The molecule has 1 aromatic carbocycles. The van der Waals surface area contributed by atoms with E-state index in [0.29, 0.717) is 4.47 Å². The topological polar surface area (TPSA) is 43.1 Å². The molecule has 0 aliphatic carbocycles. The second-order valence-electron chi connectivity index (χ2n) is 2.21.